The molecule has 2 N–H and O–H groups in total. The number of carbonyl (C=O) groups is 2. The average molecular weight is 305 g/mol. The quantitative estimate of drug-likeness (QED) is 0.846. The monoisotopic (exact) mass is 305 g/mol. The van der Waals surface area contributed by atoms with Crippen molar-refractivity contribution in [2.45, 2.75) is 38.7 Å². The molecule has 1 amide bonds. The highest BCUT2D eigenvalue weighted by molar-refractivity contribution is 5.79. The summed E-state index contributed by atoms with van der Waals surface area (Å²) < 4.78 is 5.71. The van der Waals surface area contributed by atoms with Gasteiger partial charge in [0.25, 0.3) is 0 Å². The summed E-state index contributed by atoms with van der Waals surface area (Å²) in [6, 6.07) is 9.49. The van der Waals surface area contributed by atoms with Crippen molar-refractivity contribution in [3.63, 3.8) is 0 Å². The van der Waals surface area contributed by atoms with E-state index in [1.54, 1.807) is 0 Å². The van der Waals surface area contributed by atoms with E-state index in [4.69, 9.17) is 9.84 Å². The number of para-hydroxylation sites is 1. The number of carbonyl (C=O) groups excluding carboxylic acids is 1. The number of hydrogen-bond donors (Lipinski definition) is 2. The second-order valence-corrected chi connectivity index (χ2v) is 5.87. The van der Waals surface area contributed by atoms with Gasteiger partial charge in [-0.15, -0.1) is 0 Å². The zero-order valence-corrected chi connectivity index (χ0v) is 12.8. The van der Waals surface area contributed by atoms with E-state index < -0.39 is 5.97 Å². The molecule has 0 saturated heterocycles. The predicted molar refractivity (Wildman–Crippen MR) is 82.6 cm³/mol. The maximum Gasteiger partial charge on any atom is 0.306 e. The molecule has 0 aromatic heterocycles. The van der Waals surface area contributed by atoms with Crippen LogP contribution in [0.1, 0.15) is 32.6 Å². The van der Waals surface area contributed by atoms with Crippen molar-refractivity contribution in [2.75, 3.05) is 6.54 Å². The molecule has 5 heteroatoms. The lowest BCUT2D eigenvalue weighted by atomic mass is 9.81. The molecule has 1 aliphatic rings. The second-order valence-electron chi connectivity index (χ2n) is 5.87. The Morgan fingerprint density at radius 1 is 1.18 bits per heavy atom. The van der Waals surface area contributed by atoms with Crippen molar-refractivity contribution in [3.8, 4) is 5.75 Å². The van der Waals surface area contributed by atoms with E-state index in [9.17, 15) is 9.59 Å². The summed E-state index contributed by atoms with van der Waals surface area (Å²) in [5.41, 5.74) is 0. The van der Waals surface area contributed by atoms with Crippen molar-refractivity contribution < 1.29 is 19.4 Å². The van der Waals surface area contributed by atoms with Crippen LogP contribution in [0.15, 0.2) is 30.3 Å². The molecule has 1 fully saturated rings. The summed E-state index contributed by atoms with van der Waals surface area (Å²) in [6.07, 6.45) is 2.36. The first-order valence-corrected chi connectivity index (χ1v) is 7.78. The number of carboxylic acids is 1. The third-order valence-corrected chi connectivity index (χ3v) is 4.09. The Bertz CT molecular complexity index is 495. The van der Waals surface area contributed by atoms with Crippen molar-refractivity contribution in [2.24, 2.45) is 11.8 Å². The van der Waals surface area contributed by atoms with Crippen LogP contribution in [-0.4, -0.2) is 29.6 Å². The van der Waals surface area contributed by atoms with E-state index in [-0.39, 0.29) is 23.8 Å². The Hall–Kier alpha value is -2.04. The standard InChI is InChI=1S/C17H23NO4/c1-12(22-15-5-3-2-4-6-15)11-18-16(19)13-7-9-14(10-8-13)17(20)21/h2-6,12-14H,7-11H2,1H3,(H,18,19)(H,20,21). The van der Waals surface area contributed by atoms with E-state index in [1.165, 1.54) is 0 Å². The molecule has 1 aliphatic carbocycles. The summed E-state index contributed by atoms with van der Waals surface area (Å²) in [5.74, 6) is -0.314. The predicted octanol–water partition coefficient (Wildman–Crippen LogP) is 2.46. The highest BCUT2D eigenvalue weighted by atomic mass is 16.5. The van der Waals surface area contributed by atoms with Gasteiger partial charge >= 0.3 is 5.97 Å². The highest BCUT2D eigenvalue weighted by Gasteiger charge is 2.29. The number of benzene rings is 1. The molecule has 1 atom stereocenters. The van der Waals surface area contributed by atoms with E-state index in [0.29, 0.717) is 32.2 Å². The minimum Gasteiger partial charge on any atom is -0.489 e. The van der Waals surface area contributed by atoms with E-state index in [1.807, 2.05) is 37.3 Å². The van der Waals surface area contributed by atoms with Crippen LogP contribution in [0, 0.1) is 11.8 Å². The normalized spacial score (nSPS) is 22.6. The third kappa shape index (κ3) is 4.76. The lowest BCUT2D eigenvalue weighted by Gasteiger charge is -2.25. The first kappa shape index (κ1) is 16.3. The maximum atomic E-state index is 12.1. The van der Waals surface area contributed by atoms with Gasteiger partial charge in [0.05, 0.1) is 12.5 Å². The van der Waals surface area contributed by atoms with Crippen molar-refractivity contribution in [1.82, 2.24) is 5.32 Å². The van der Waals surface area contributed by atoms with Gasteiger partial charge in [-0.3, -0.25) is 9.59 Å². The number of hydrogen-bond acceptors (Lipinski definition) is 3. The summed E-state index contributed by atoms with van der Waals surface area (Å²) >= 11 is 0. The van der Waals surface area contributed by atoms with Gasteiger partial charge < -0.3 is 15.2 Å². The molecule has 1 aromatic rings. The number of carboxylic acid groups (broad SMARTS) is 1. The lowest BCUT2D eigenvalue weighted by Crippen LogP contribution is -2.39. The van der Waals surface area contributed by atoms with Gasteiger partial charge in [0.2, 0.25) is 5.91 Å². The van der Waals surface area contributed by atoms with Gasteiger partial charge in [0, 0.05) is 5.92 Å². The van der Waals surface area contributed by atoms with Gasteiger partial charge in [0.1, 0.15) is 11.9 Å². The number of rotatable bonds is 6. The second kappa shape index (κ2) is 7.82. The third-order valence-electron chi connectivity index (χ3n) is 4.09. The Balaban J connectivity index is 1.70. The van der Waals surface area contributed by atoms with Crippen LogP contribution < -0.4 is 10.1 Å². The molecule has 1 unspecified atom stereocenters. The molecule has 0 spiro atoms. The summed E-state index contributed by atoms with van der Waals surface area (Å²) in [4.78, 5) is 23.0. The first-order chi connectivity index (χ1) is 10.6. The van der Waals surface area contributed by atoms with Crippen LogP contribution in [0.4, 0.5) is 0 Å². The Kier molecular flexibility index (Phi) is 5.81. The Labute approximate surface area is 130 Å². The van der Waals surface area contributed by atoms with E-state index in [2.05, 4.69) is 5.32 Å². The molecule has 0 radical (unpaired) electrons. The molecule has 0 heterocycles. The van der Waals surface area contributed by atoms with Crippen molar-refractivity contribution in [3.05, 3.63) is 30.3 Å². The number of ether oxygens (including phenoxy) is 1. The molecular formula is C17H23NO4. The number of aliphatic carboxylic acids is 1. The molecule has 2 rings (SSSR count). The molecule has 0 aliphatic heterocycles. The fourth-order valence-electron chi connectivity index (χ4n) is 2.76. The fourth-order valence-corrected chi connectivity index (χ4v) is 2.76. The Morgan fingerprint density at radius 2 is 1.77 bits per heavy atom. The summed E-state index contributed by atoms with van der Waals surface area (Å²) in [5, 5.41) is 11.9. The molecule has 0 bridgehead atoms. The molecule has 120 valence electrons. The van der Waals surface area contributed by atoms with Crippen LogP contribution in [0.5, 0.6) is 5.75 Å². The summed E-state index contributed by atoms with van der Waals surface area (Å²) in [7, 11) is 0. The maximum absolute atomic E-state index is 12.1. The average Bonchev–Trinajstić information content (AvgIpc) is 2.53. The lowest BCUT2D eigenvalue weighted by molar-refractivity contribution is -0.144. The van der Waals surface area contributed by atoms with Crippen LogP contribution in [0.25, 0.3) is 0 Å². The molecule has 22 heavy (non-hydrogen) atoms. The van der Waals surface area contributed by atoms with E-state index in [0.717, 1.165) is 5.75 Å². The van der Waals surface area contributed by atoms with Crippen molar-refractivity contribution in [1.29, 1.82) is 0 Å². The van der Waals surface area contributed by atoms with Gasteiger partial charge in [-0.1, -0.05) is 18.2 Å². The summed E-state index contributed by atoms with van der Waals surface area (Å²) in [6.45, 7) is 2.36. The van der Waals surface area contributed by atoms with Gasteiger partial charge in [-0.2, -0.15) is 0 Å². The topological polar surface area (TPSA) is 75.6 Å². The van der Waals surface area contributed by atoms with E-state index >= 15 is 0 Å². The smallest absolute Gasteiger partial charge is 0.306 e. The largest absolute Gasteiger partial charge is 0.489 e. The number of amides is 1. The zero-order valence-electron chi connectivity index (χ0n) is 12.8. The first-order valence-electron chi connectivity index (χ1n) is 7.78. The van der Waals surface area contributed by atoms with Crippen LogP contribution in [-0.2, 0) is 9.59 Å². The van der Waals surface area contributed by atoms with Crippen molar-refractivity contribution >= 4 is 11.9 Å². The van der Waals surface area contributed by atoms with Crippen LogP contribution in [0.2, 0.25) is 0 Å². The van der Waals surface area contributed by atoms with Crippen LogP contribution in [0.3, 0.4) is 0 Å². The van der Waals surface area contributed by atoms with Gasteiger partial charge in [-0.05, 0) is 44.7 Å². The van der Waals surface area contributed by atoms with Gasteiger partial charge in [-0.25, -0.2) is 0 Å². The molecule has 5 nitrogen and oxygen atoms in total. The van der Waals surface area contributed by atoms with Crippen LogP contribution >= 0.6 is 0 Å². The highest BCUT2D eigenvalue weighted by Crippen LogP contribution is 2.29. The fraction of sp³-hybridized carbons (Fsp3) is 0.529. The Morgan fingerprint density at radius 3 is 2.36 bits per heavy atom. The molecule has 1 aromatic carbocycles. The molecule has 1 saturated carbocycles. The number of nitrogens with one attached hydrogen (secondary N) is 1. The SMILES string of the molecule is CC(CNC(=O)C1CCC(C(=O)O)CC1)Oc1ccccc1. The minimum atomic E-state index is -0.747. The van der Waals surface area contributed by atoms with Gasteiger partial charge in [0.15, 0.2) is 0 Å². The minimum absolute atomic E-state index is 0.00681. The zero-order chi connectivity index (χ0) is 15.9. The molecular weight excluding hydrogens is 282 g/mol.